The Morgan fingerprint density at radius 3 is 2.18 bits per heavy atom. The van der Waals surface area contributed by atoms with Gasteiger partial charge in [0.2, 0.25) is 0 Å². The van der Waals surface area contributed by atoms with E-state index in [0.29, 0.717) is 5.92 Å². The molecule has 4 aliphatic carbocycles. The van der Waals surface area contributed by atoms with Gasteiger partial charge in [0.15, 0.2) is 0 Å². The predicted molar refractivity (Wildman–Crippen MR) is 68.2 cm³/mol. The minimum atomic E-state index is 0.130. The van der Waals surface area contributed by atoms with Crippen molar-refractivity contribution in [3.63, 3.8) is 0 Å². The summed E-state index contributed by atoms with van der Waals surface area (Å²) in [4.78, 5) is 0. The average Bonchev–Trinajstić information content (AvgIpc) is 2.31. The van der Waals surface area contributed by atoms with Gasteiger partial charge in [-0.3, -0.25) is 0 Å². The zero-order chi connectivity index (χ0) is 11.8. The number of nitrogens with zero attached hydrogens (tertiary/aromatic N) is 1. The van der Waals surface area contributed by atoms with Crippen LogP contribution in [0.15, 0.2) is 0 Å². The molecular formula is C15H24N2. The molecule has 0 aliphatic heterocycles. The first-order chi connectivity index (χ1) is 8.31. The van der Waals surface area contributed by atoms with Crippen LogP contribution in [0.5, 0.6) is 0 Å². The number of nitriles is 1. The summed E-state index contributed by atoms with van der Waals surface area (Å²) in [6, 6.07) is 2.68. The number of rotatable bonds is 4. The molecule has 0 aromatic rings. The summed E-state index contributed by atoms with van der Waals surface area (Å²) in [5.41, 5.74) is 0. The van der Waals surface area contributed by atoms with Crippen LogP contribution < -0.4 is 5.32 Å². The van der Waals surface area contributed by atoms with Gasteiger partial charge in [-0.25, -0.2) is 0 Å². The van der Waals surface area contributed by atoms with Crippen molar-refractivity contribution in [2.75, 3.05) is 6.54 Å². The van der Waals surface area contributed by atoms with Crippen LogP contribution >= 0.6 is 0 Å². The number of nitrogens with one attached hydrogen (secondary N) is 1. The average molecular weight is 232 g/mol. The number of hydrogen-bond donors (Lipinski definition) is 1. The fraction of sp³-hybridized carbons (Fsp3) is 0.933. The first-order valence-corrected chi connectivity index (χ1v) is 7.44. The summed E-state index contributed by atoms with van der Waals surface area (Å²) in [6.07, 6.45) is 8.31. The second kappa shape index (κ2) is 4.61. The third kappa shape index (κ3) is 1.99. The lowest BCUT2D eigenvalue weighted by atomic mass is 9.50. The van der Waals surface area contributed by atoms with E-state index in [-0.39, 0.29) is 6.04 Å². The first kappa shape index (κ1) is 11.5. The topological polar surface area (TPSA) is 35.8 Å². The highest BCUT2D eigenvalue weighted by molar-refractivity contribution is 5.07. The Bertz CT molecular complexity index is 289. The summed E-state index contributed by atoms with van der Waals surface area (Å²) >= 11 is 0. The third-order valence-electron chi connectivity index (χ3n) is 5.44. The Hall–Kier alpha value is -0.550. The maximum absolute atomic E-state index is 9.42. The molecule has 0 saturated heterocycles. The lowest BCUT2D eigenvalue weighted by molar-refractivity contribution is -0.0442. The Kier molecular flexibility index (Phi) is 3.13. The van der Waals surface area contributed by atoms with E-state index in [2.05, 4.69) is 18.3 Å². The zero-order valence-corrected chi connectivity index (χ0v) is 10.9. The summed E-state index contributed by atoms with van der Waals surface area (Å²) < 4.78 is 0. The minimum absolute atomic E-state index is 0.130. The van der Waals surface area contributed by atoms with E-state index in [1.165, 1.54) is 32.1 Å². The third-order valence-corrected chi connectivity index (χ3v) is 5.44. The first-order valence-electron chi connectivity index (χ1n) is 7.44. The van der Waals surface area contributed by atoms with E-state index in [1.54, 1.807) is 0 Å². The van der Waals surface area contributed by atoms with Crippen molar-refractivity contribution >= 4 is 0 Å². The highest BCUT2D eigenvalue weighted by atomic mass is 14.9. The Morgan fingerprint density at radius 2 is 1.71 bits per heavy atom. The molecule has 0 aromatic carbocycles. The molecule has 17 heavy (non-hydrogen) atoms. The van der Waals surface area contributed by atoms with Crippen LogP contribution in [-0.4, -0.2) is 12.6 Å². The molecule has 0 radical (unpaired) electrons. The van der Waals surface area contributed by atoms with Gasteiger partial charge in [0.25, 0.3) is 0 Å². The molecule has 0 heterocycles. The molecule has 4 aliphatic rings. The Balaban J connectivity index is 1.72. The standard InChI is InChI=1S/C15H24N2/c1-2-3-17-14(9-16)15-12-5-10-4-11(7-12)8-13(15)6-10/h10-15,17H,2-8H2,1H3. The molecule has 4 rings (SSSR count). The molecule has 2 nitrogen and oxygen atoms in total. The summed E-state index contributed by atoms with van der Waals surface area (Å²) in [6.45, 7) is 3.18. The van der Waals surface area contributed by atoms with Crippen LogP contribution in [0.3, 0.4) is 0 Å². The van der Waals surface area contributed by atoms with Gasteiger partial charge in [0.05, 0.1) is 12.1 Å². The lowest BCUT2D eigenvalue weighted by Crippen LogP contribution is -2.52. The number of hydrogen-bond acceptors (Lipinski definition) is 2. The van der Waals surface area contributed by atoms with Crippen LogP contribution in [0.2, 0.25) is 0 Å². The normalized spacial score (nSPS) is 44.6. The van der Waals surface area contributed by atoms with Crippen molar-refractivity contribution in [2.45, 2.75) is 51.5 Å². The molecule has 4 bridgehead atoms. The van der Waals surface area contributed by atoms with Gasteiger partial charge in [-0.1, -0.05) is 6.92 Å². The smallest absolute Gasteiger partial charge is 0.0986 e. The Labute approximate surface area is 105 Å². The molecule has 0 amide bonds. The quantitative estimate of drug-likeness (QED) is 0.809. The van der Waals surface area contributed by atoms with Gasteiger partial charge >= 0.3 is 0 Å². The molecule has 1 unspecified atom stereocenters. The van der Waals surface area contributed by atoms with Crippen LogP contribution in [0.25, 0.3) is 0 Å². The van der Waals surface area contributed by atoms with Gasteiger partial charge in [-0.05, 0) is 74.7 Å². The molecule has 1 N–H and O–H groups in total. The summed E-state index contributed by atoms with van der Waals surface area (Å²) in [7, 11) is 0. The summed E-state index contributed by atoms with van der Waals surface area (Å²) in [5, 5.41) is 12.9. The van der Waals surface area contributed by atoms with Gasteiger partial charge in [0, 0.05) is 0 Å². The summed E-state index contributed by atoms with van der Waals surface area (Å²) in [5.74, 6) is 4.42. The highest BCUT2D eigenvalue weighted by Crippen LogP contribution is 2.57. The minimum Gasteiger partial charge on any atom is -0.302 e. The van der Waals surface area contributed by atoms with Crippen molar-refractivity contribution in [2.24, 2.45) is 29.6 Å². The van der Waals surface area contributed by atoms with E-state index in [9.17, 15) is 5.26 Å². The van der Waals surface area contributed by atoms with Crippen LogP contribution in [-0.2, 0) is 0 Å². The highest BCUT2D eigenvalue weighted by Gasteiger charge is 2.50. The molecule has 4 fully saturated rings. The second-order valence-corrected chi connectivity index (χ2v) is 6.57. The van der Waals surface area contributed by atoms with Crippen LogP contribution in [0, 0.1) is 40.9 Å². The molecule has 0 aromatic heterocycles. The van der Waals surface area contributed by atoms with Gasteiger partial charge in [0.1, 0.15) is 0 Å². The van der Waals surface area contributed by atoms with E-state index in [0.717, 1.165) is 36.6 Å². The van der Waals surface area contributed by atoms with Crippen molar-refractivity contribution in [1.29, 1.82) is 5.26 Å². The van der Waals surface area contributed by atoms with Crippen molar-refractivity contribution in [1.82, 2.24) is 5.32 Å². The fourth-order valence-corrected chi connectivity index (χ4v) is 5.08. The molecule has 0 spiro atoms. The molecular weight excluding hydrogens is 208 g/mol. The van der Waals surface area contributed by atoms with Crippen LogP contribution in [0.1, 0.15) is 45.4 Å². The monoisotopic (exact) mass is 232 g/mol. The van der Waals surface area contributed by atoms with Gasteiger partial charge in [-0.15, -0.1) is 0 Å². The maximum Gasteiger partial charge on any atom is 0.0986 e. The van der Waals surface area contributed by atoms with E-state index in [1.807, 2.05) is 0 Å². The van der Waals surface area contributed by atoms with E-state index in [4.69, 9.17) is 0 Å². The van der Waals surface area contributed by atoms with Crippen LogP contribution in [0.4, 0.5) is 0 Å². The molecule has 2 heteroatoms. The van der Waals surface area contributed by atoms with Gasteiger partial charge < -0.3 is 5.32 Å². The SMILES string of the molecule is CCCNC(C#N)C1C2CC3CC(C2)CC1C3. The van der Waals surface area contributed by atoms with E-state index >= 15 is 0 Å². The zero-order valence-electron chi connectivity index (χ0n) is 10.9. The van der Waals surface area contributed by atoms with E-state index < -0.39 is 0 Å². The van der Waals surface area contributed by atoms with Crippen molar-refractivity contribution < 1.29 is 0 Å². The van der Waals surface area contributed by atoms with Crippen molar-refractivity contribution in [3.8, 4) is 6.07 Å². The Morgan fingerprint density at radius 1 is 1.12 bits per heavy atom. The van der Waals surface area contributed by atoms with Gasteiger partial charge in [-0.2, -0.15) is 5.26 Å². The fourth-order valence-electron chi connectivity index (χ4n) is 5.08. The second-order valence-electron chi connectivity index (χ2n) is 6.57. The molecule has 4 saturated carbocycles. The predicted octanol–water partition coefficient (Wildman–Crippen LogP) is 2.95. The maximum atomic E-state index is 9.42. The lowest BCUT2D eigenvalue weighted by Gasteiger charge is -2.55. The molecule has 94 valence electrons. The molecule has 1 atom stereocenters. The van der Waals surface area contributed by atoms with Crippen molar-refractivity contribution in [3.05, 3.63) is 0 Å². The largest absolute Gasteiger partial charge is 0.302 e.